The molecule has 0 saturated heterocycles. The van der Waals surface area contributed by atoms with Gasteiger partial charge < -0.3 is 20.1 Å². The third-order valence-electron chi connectivity index (χ3n) is 4.06. The summed E-state index contributed by atoms with van der Waals surface area (Å²) in [6, 6.07) is 19.5. The zero-order valence-electron chi connectivity index (χ0n) is 15.6. The number of ether oxygens (including phenoxy) is 2. The number of carbonyl (C=O) groups excluding carboxylic acids is 1. The lowest BCUT2D eigenvalue weighted by molar-refractivity contribution is -0.114. The first-order valence-electron chi connectivity index (χ1n) is 9.12. The quantitative estimate of drug-likeness (QED) is 0.609. The van der Waals surface area contributed by atoms with Crippen LogP contribution in [-0.4, -0.2) is 25.7 Å². The number of hydrogen-bond acceptors (Lipinski definition) is 4. The summed E-state index contributed by atoms with van der Waals surface area (Å²) in [6.45, 7) is 5.09. The first-order valence-corrected chi connectivity index (χ1v) is 9.12. The molecule has 0 aliphatic carbocycles. The average Bonchev–Trinajstić information content (AvgIpc) is 2.68. The summed E-state index contributed by atoms with van der Waals surface area (Å²) < 4.78 is 11.1. The van der Waals surface area contributed by atoms with E-state index in [0.29, 0.717) is 30.4 Å². The van der Waals surface area contributed by atoms with Crippen LogP contribution in [0.1, 0.15) is 13.8 Å². The standard InChI is InChI=1S/C22H24N2O3/c1-3-26-20-13-12-17(14-21(20)27-4-2)24-22(25)15-23-19-11-7-9-16-8-5-6-10-18(16)19/h5-14,23H,3-4,15H2,1-2H3,(H,24,25). The second kappa shape index (κ2) is 8.94. The fraction of sp³-hybridized carbons (Fsp3) is 0.227. The molecule has 0 heterocycles. The molecule has 0 atom stereocenters. The van der Waals surface area contributed by atoms with E-state index in [4.69, 9.17) is 9.47 Å². The number of rotatable bonds is 8. The molecule has 0 aliphatic rings. The monoisotopic (exact) mass is 364 g/mol. The van der Waals surface area contributed by atoms with Crippen molar-refractivity contribution in [3.63, 3.8) is 0 Å². The molecular weight excluding hydrogens is 340 g/mol. The lowest BCUT2D eigenvalue weighted by atomic mass is 10.1. The number of hydrogen-bond donors (Lipinski definition) is 2. The Morgan fingerprint density at radius 2 is 1.63 bits per heavy atom. The molecule has 0 radical (unpaired) electrons. The van der Waals surface area contributed by atoms with Gasteiger partial charge in [0.1, 0.15) is 0 Å². The number of carbonyl (C=O) groups is 1. The van der Waals surface area contributed by atoms with Gasteiger partial charge in [-0.1, -0.05) is 36.4 Å². The molecule has 0 aliphatic heterocycles. The molecule has 0 saturated carbocycles. The predicted molar refractivity (Wildman–Crippen MR) is 110 cm³/mol. The predicted octanol–water partition coefficient (Wildman–Crippen LogP) is 4.69. The lowest BCUT2D eigenvalue weighted by Gasteiger charge is -2.14. The van der Waals surface area contributed by atoms with Gasteiger partial charge >= 0.3 is 0 Å². The highest BCUT2D eigenvalue weighted by atomic mass is 16.5. The first kappa shape index (κ1) is 18.6. The molecule has 5 heteroatoms. The lowest BCUT2D eigenvalue weighted by Crippen LogP contribution is -2.21. The van der Waals surface area contributed by atoms with Crippen LogP contribution in [0, 0.1) is 0 Å². The van der Waals surface area contributed by atoms with Crippen LogP contribution >= 0.6 is 0 Å². The summed E-state index contributed by atoms with van der Waals surface area (Å²) in [7, 11) is 0. The molecule has 5 nitrogen and oxygen atoms in total. The van der Waals surface area contributed by atoms with Crippen molar-refractivity contribution in [2.24, 2.45) is 0 Å². The molecule has 27 heavy (non-hydrogen) atoms. The number of benzene rings is 3. The summed E-state index contributed by atoms with van der Waals surface area (Å²) >= 11 is 0. The van der Waals surface area contributed by atoms with Crippen molar-refractivity contribution in [1.82, 2.24) is 0 Å². The van der Waals surface area contributed by atoms with Crippen molar-refractivity contribution in [3.05, 3.63) is 60.7 Å². The van der Waals surface area contributed by atoms with Gasteiger partial charge in [0.05, 0.1) is 19.8 Å². The summed E-state index contributed by atoms with van der Waals surface area (Å²) in [5, 5.41) is 8.33. The van der Waals surface area contributed by atoms with E-state index >= 15 is 0 Å². The summed E-state index contributed by atoms with van der Waals surface area (Å²) in [4.78, 5) is 12.4. The van der Waals surface area contributed by atoms with Gasteiger partial charge in [0.2, 0.25) is 5.91 Å². The second-order valence-corrected chi connectivity index (χ2v) is 5.96. The van der Waals surface area contributed by atoms with Gasteiger partial charge in [-0.05, 0) is 37.4 Å². The molecule has 2 N–H and O–H groups in total. The smallest absolute Gasteiger partial charge is 0.243 e. The molecule has 3 aromatic carbocycles. The summed E-state index contributed by atoms with van der Waals surface area (Å²) in [6.07, 6.45) is 0. The van der Waals surface area contributed by atoms with Crippen molar-refractivity contribution in [1.29, 1.82) is 0 Å². The van der Waals surface area contributed by atoms with Crippen LogP contribution in [0.25, 0.3) is 10.8 Å². The van der Waals surface area contributed by atoms with E-state index in [2.05, 4.69) is 22.8 Å². The summed E-state index contributed by atoms with van der Waals surface area (Å²) in [5.74, 6) is 1.17. The van der Waals surface area contributed by atoms with Crippen molar-refractivity contribution < 1.29 is 14.3 Å². The van der Waals surface area contributed by atoms with Gasteiger partial charge in [-0.2, -0.15) is 0 Å². The normalized spacial score (nSPS) is 10.4. The Kier molecular flexibility index (Phi) is 6.15. The minimum absolute atomic E-state index is 0.130. The first-order chi connectivity index (χ1) is 13.2. The zero-order chi connectivity index (χ0) is 19.1. The summed E-state index contributed by atoms with van der Waals surface area (Å²) in [5.41, 5.74) is 1.61. The van der Waals surface area contributed by atoms with Crippen LogP contribution in [0.5, 0.6) is 11.5 Å². The van der Waals surface area contributed by atoms with Crippen LogP contribution in [0.4, 0.5) is 11.4 Å². The van der Waals surface area contributed by atoms with Crippen LogP contribution < -0.4 is 20.1 Å². The highest BCUT2D eigenvalue weighted by Gasteiger charge is 2.09. The van der Waals surface area contributed by atoms with Crippen molar-refractivity contribution >= 4 is 28.1 Å². The third-order valence-corrected chi connectivity index (χ3v) is 4.06. The van der Waals surface area contributed by atoms with E-state index in [1.54, 1.807) is 6.07 Å². The number of amides is 1. The Morgan fingerprint density at radius 1 is 0.889 bits per heavy atom. The number of fused-ring (bicyclic) bond motifs is 1. The van der Waals surface area contributed by atoms with E-state index < -0.39 is 0 Å². The molecular formula is C22H24N2O3. The highest BCUT2D eigenvalue weighted by molar-refractivity contribution is 5.98. The molecule has 0 unspecified atom stereocenters. The Bertz CT molecular complexity index is 919. The topological polar surface area (TPSA) is 59.6 Å². The van der Waals surface area contributed by atoms with Crippen molar-refractivity contribution in [2.75, 3.05) is 30.4 Å². The van der Waals surface area contributed by atoms with E-state index in [0.717, 1.165) is 16.5 Å². The Morgan fingerprint density at radius 3 is 2.44 bits per heavy atom. The Hall–Kier alpha value is -3.21. The van der Waals surface area contributed by atoms with Crippen LogP contribution in [0.15, 0.2) is 60.7 Å². The van der Waals surface area contributed by atoms with Crippen LogP contribution in [-0.2, 0) is 4.79 Å². The fourth-order valence-corrected chi connectivity index (χ4v) is 2.89. The highest BCUT2D eigenvalue weighted by Crippen LogP contribution is 2.30. The van der Waals surface area contributed by atoms with E-state index in [1.165, 1.54) is 0 Å². The third kappa shape index (κ3) is 4.70. The van der Waals surface area contributed by atoms with Gasteiger partial charge in [-0.3, -0.25) is 4.79 Å². The van der Waals surface area contributed by atoms with E-state index in [9.17, 15) is 4.79 Å². The van der Waals surface area contributed by atoms with Gasteiger partial charge in [0.15, 0.2) is 11.5 Å². The molecule has 0 aromatic heterocycles. The second-order valence-electron chi connectivity index (χ2n) is 5.96. The maximum atomic E-state index is 12.4. The SMILES string of the molecule is CCOc1ccc(NC(=O)CNc2cccc3ccccc23)cc1OCC. The van der Waals surface area contributed by atoms with Crippen LogP contribution in [0.2, 0.25) is 0 Å². The minimum atomic E-state index is -0.130. The van der Waals surface area contributed by atoms with Gasteiger partial charge in [0, 0.05) is 22.8 Å². The molecule has 1 amide bonds. The maximum absolute atomic E-state index is 12.4. The average molecular weight is 364 g/mol. The van der Waals surface area contributed by atoms with E-state index in [1.807, 2.05) is 56.3 Å². The minimum Gasteiger partial charge on any atom is -0.490 e. The molecule has 3 aromatic rings. The Labute approximate surface area is 159 Å². The largest absolute Gasteiger partial charge is 0.490 e. The molecule has 0 fully saturated rings. The molecule has 0 spiro atoms. The maximum Gasteiger partial charge on any atom is 0.243 e. The zero-order valence-corrected chi connectivity index (χ0v) is 15.6. The van der Waals surface area contributed by atoms with Crippen molar-refractivity contribution in [3.8, 4) is 11.5 Å². The fourth-order valence-electron chi connectivity index (χ4n) is 2.89. The number of nitrogens with one attached hydrogen (secondary N) is 2. The molecule has 0 bridgehead atoms. The van der Waals surface area contributed by atoms with Crippen LogP contribution in [0.3, 0.4) is 0 Å². The van der Waals surface area contributed by atoms with Gasteiger partial charge in [-0.15, -0.1) is 0 Å². The van der Waals surface area contributed by atoms with Gasteiger partial charge in [0.25, 0.3) is 0 Å². The van der Waals surface area contributed by atoms with Gasteiger partial charge in [-0.25, -0.2) is 0 Å². The molecule has 3 rings (SSSR count). The molecule has 140 valence electrons. The Balaban J connectivity index is 1.66. The van der Waals surface area contributed by atoms with E-state index in [-0.39, 0.29) is 12.5 Å². The van der Waals surface area contributed by atoms with Crippen molar-refractivity contribution in [2.45, 2.75) is 13.8 Å². The number of anilines is 2.